The summed E-state index contributed by atoms with van der Waals surface area (Å²) >= 11 is 0. The molecule has 0 saturated heterocycles. The Hall–Kier alpha value is -1.60. The van der Waals surface area contributed by atoms with Gasteiger partial charge < -0.3 is 10.9 Å². The summed E-state index contributed by atoms with van der Waals surface area (Å²) in [6, 6.07) is 6.54. The minimum Gasteiger partial charge on any atom is -0.409 e. The third-order valence-electron chi connectivity index (χ3n) is 2.89. The zero-order valence-corrected chi connectivity index (χ0v) is 12.8. The molecular weight excluding hydrogens is 278 g/mol. The number of rotatable bonds is 6. The molecule has 0 aliphatic rings. The van der Waals surface area contributed by atoms with Crippen molar-refractivity contribution in [2.75, 3.05) is 6.54 Å². The van der Waals surface area contributed by atoms with E-state index >= 15 is 0 Å². The molecule has 6 nitrogen and oxygen atoms in total. The number of nitrogens with two attached hydrogens (primary N) is 1. The summed E-state index contributed by atoms with van der Waals surface area (Å²) in [7, 11) is -3.59. The Morgan fingerprint density at radius 1 is 1.45 bits per heavy atom. The summed E-state index contributed by atoms with van der Waals surface area (Å²) in [5.74, 6) is 0.00934. The van der Waals surface area contributed by atoms with Crippen LogP contribution in [0.1, 0.15) is 25.8 Å². The number of amidine groups is 1. The highest BCUT2D eigenvalue weighted by Crippen LogP contribution is 2.19. The van der Waals surface area contributed by atoms with E-state index in [0.29, 0.717) is 0 Å². The van der Waals surface area contributed by atoms with Crippen LogP contribution in [-0.2, 0) is 10.0 Å². The van der Waals surface area contributed by atoms with E-state index in [1.807, 2.05) is 13.0 Å². The first-order valence-corrected chi connectivity index (χ1v) is 7.78. The van der Waals surface area contributed by atoms with Crippen molar-refractivity contribution >= 4 is 15.9 Å². The molecule has 0 atom stereocenters. The molecule has 0 amide bonds. The largest absolute Gasteiger partial charge is 0.409 e. The minimum absolute atomic E-state index is 0.00934. The Balaban J connectivity index is 3.07. The first-order valence-electron chi connectivity index (χ1n) is 6.34. The maximum absolute atomic E-state index is 12.6. The zero-order chi connectivity index (χ0) is 15.3. The smallest absolute Gasteiger partial charge is 0.243 e. The average Bonchev–Trinajstić information content (AvgIpc) is 2.37. The van der Waals surface area contributed by atoms with Crippen molar-refractivity contribution in [3.8, 4) is 0 Å². The Morgan fingerprint density at radius 3 is 2.60 bits per heavy atom. The molecule has 1 aromatic carbocycles. The molecule has 112 valence electrons. The van der Waals surface area contributed by atoms with Crippen molar-refractivity contribution in [3.63, 3.8) is 0 Å². The molecule has 0 aromatic heterocycles. The van der Waals surface area contributed by atoms with Gasteiger partial charge in [-0.25, -0.2) is 8.42 Å². The second kappa shape index (κ2) is 6.71. The average molecular weight is 299 g/mol. The molecule has 7 heteroatoms. The number of benzene rings is 1. The van der Waals surface area contributed by atoms with E-state index in [1.165, 1.54) is 4.31 Å². The van der Waals surface area contributed by atoms with Gasteiger partial charge in [0.25, 0.3) is 0 Å². The molecular formula is C13H21N3O3S. The highest BCUT2D eigenvalue weighted by atomic mass is 32.2. The molecule has 0 aliphatic heterocycles. The number of sulfonamides is 1. The SMILES string of the molecule is Cc1cccc(S(=O)(=O)N(CCC(N)=NO)C(C)C)c1. The van der Waals surface area contributed by atoms with Crippen LogP contribution in [0.3, 0.4) is 0 Å². The maximum Gasteiger partial charge on any atom is 0.243 e. The third kappa shape index (κ3) is 3.94. The van der Waals surface area contributed by atoms with Crippen LogP contribution in [0.25, 0.3) is 0 Å². The first-order chi connectivity index (χ1) is 9.28. The van der Waals surface area contributed by atoms with Gasteiger partial charge in [-0.15, -0.1) is 0 Å². The van der Waals surface area contributed by atoms with Gasteiger partial charge >= 0.3 is 0 Å². The van der Waals surface area contributed by atoms with Crippen LogP contribution in [0.2, 0.25) is 0 Å². The second-order valence-corrected chi connectivity index (χ2v) is 6.76. The van der Waals surface area contributed by atoms with Gasteiger partial charge in [-0.05, 0) is 38.5 Å². The van der Waals surface area contributed by atoms with Crippen molar-refractivity contribution in [1.29, 1.82) is 0 Å². The Kier molecular flexibility index (Phi) is 5.52. The minimum atomic E-state index is -3.59. The lowest BCUT2D eigenvalue weighted by atomic mass is 10.2. The van der Waals surface area contributed by atoms with E-state index in [0.717, 1.165) is 5.56 Å². The van der Waals surface area contributed by atoms with Gasteiger partial charge in [-0.1, -0.05) is 17.3 Å². The summed E-state index contributed by atoms with van der Waals surface area (Å²) in [5, 5.41) is 11.4. The Labute approximate surface area is 119 Å². The lowest BCUT2D eigenvalue weighted by Gasteiger charge is -2.25. The fourth-order valence-corrected chi connectivity index (χ4v) is 3.58. The zero-order valence-electron chi connectivity index (χ0n) is 11.9. The highest BCUT2D eigenvalue weighted by molar-refractivity contribution is 7.89. The summed E-state index contributed by atoms with van der Waals surface area (Å²) in [6.07, 6.45) is 0.180. The van der Waals surface area contributed by atoms with E-state index < -0.39 is 10.0 Å². The van der Waals surface area contributed by atoms with E-state index in [4.69, 9.17) is 10.9 Å². The predicted octanol–water partition coefficient (Wildman–Crippen LogP) is 1.53. The third-order valence-corrected chi connectivity index (χ3v) is 4.96. The quantitative estimate of drug-likeness (QED) is 0.360. The van der Waals surface area contributed by atoms with Gasteiger partial charge in [0.2, 0.25) is 10.0 Å². The van der Waals surface area contributed by atoms with Crippen LogP contribution in [0.5, 0.6) is 0 Å². The lowest BCUT2D eigenvalue weighted by molar-refractivity contribution is 0.313. The van der Waals surface area contributed by atoms with Crippen molar-refractivity contribution in [2.24, 2.45) is 10.9 Å². The van der Waals surface area contributed by atoms with E-state index in [9.17, 15) is 8.42 Å². The van der Waals surface area contributed by atoms with Crippen LogP contribution in [0.4, 0.5) is 0 Å². The summed E-state index contributed by atoms with van der Waals surface area (Å²) < 4.78 is 26.6. The van der Waals surface area contributed by atoms with Crippen LogP contribution >= 0.6 is 0 Å². The maximum atomic E-state index is 12.6. The number of oxime groups is 1. The molecule has 1 aromatic rings. The first kappa shape index (κ1) is 16.5. The molecule has 0 heterocycles. The van der Waals surface area contributed by atoms with Crippen molar-refractivity contribution in [3.05, 3.63) is 29.8 Å². The summed E-state index contributed by atoms with van der Waals surface area (Å²) in [4.78, 5) is 0.255. The highest BCUT2D eigenvalue weighted by Gasteiger charge is 2.26. The standard InChI is InChI=1S/C13H21N3O3S/c1-10(2)16(8-7-13(14)15-17)20(18,19)12-6-4-5-11(3)9-12/h4-6,9-10,17H,7-8H2,1-3H3,(H2,14,15). The van der Waals surface area contributed by atoms with Crippen LogP contribution in [0.15, 0.2) is 34.3 Å². The van der Waals surface area contributed by atoms with Gasteiger partial charge in [-0.2, -0.15) is 4.31 Å². The Morgan fingerprint density at radius 2 is 2.10 bits per heavy atom. The normalized spacial score (nSPS) is 13.2. The van der Waals surface area contributed by atoms with Crippen LogP contribution < -0.4 is 5.73 Å². The fraction of sp³-hybridized carbons (Fsp3) is 0.462. The van der Waals surface area contributed by atoms with Gasteiger partial charge in [0.1, 0.15) is 5.84 Å². The second-order valence-electron chi connectivity index (χ2n) is 4.87. The van der Waals surface area contributed by atoms with Gasteiger partial charge in [0.05, 0.1) is 4.90 Å². The van der Waals surface area contributed by atoms with E-state index in [1.54, 1.807) is 32.0 Å². The Bertz CT molecular complexity index is 582. The van der Waals surface area contributed by atoms with Gasteiger partial charge in [0.15, 0.2) is 0 Å². The van der Waals surface area contributed by atoms with Crippen molar-refractivity contribution in [2.45, 2.75) is 38.1 Å². The topological polar surface area (TPSA) is 96.0 Å². The number of aryl methyl sites for hydroxylation is 1. The molecule has 0 spiro atoms. The molecule has 0 aliphatic carbocycles. The molecule has 0 unspecified atom stereocenters. The molecule has 0 radical (unpaired) electrons. The van der Waals surface area contributed by atoms with E-state index in [-0.39, 0.29) is 29.7 Å². The molecule has 3 N–H and O–H groups in total. The number of nitrogens with zero attached hydrogens (tertiary/aromatic N) is 2. The van der Waals surface area contributed by atoms with Gasteiger partial charge in [0, 0.05) is 19.0 Å². The summed E-state index contributed by atoms with van der Waals surface area (Å²) in [5.41, 5.74) is 6.29. The molecule has 20 heavy (non-hydrogen) atoms. The van der Waals surface area contributed by atoms with Crippen molar-refractivity contribution < 1.29 is 13.6 Å². The molecule has 0 saturated carbocycles. The van der Waals surface area contributed by atoms with Crippen molar-refractivity contribution in [1.82, 2.24) is 4.31 Å². The molecule has 1 rings (SSSR count). The van der Waals surface area contributed by atoms with E-state index in [2.05, 4.69) is 5.16 Å². The number of hydrogen-bond acceptors (Lipinski definition) is 4. The summed E-state index contributed by atoms with van der Waals surface area (Å²) in [6.45, 7) is 5.60. The predicted molar refractivity (Wildman–Crippen MR) is 78.2 cm³/mol. The fourth-order valence-electron chi connectivity index (χ4n) is 1.84. The monoisotopic (exact) mass is 299 g/mol. The van der Waals surface area contributed by atoms with Crippen LogP contribution in [0, 0.1) is 6.92 Å². The molecule has 0 bridgehead atoms. The van der Waals surface area contributed by atoms with Crippen LogP contribution in [-0.4, -0.2) is 36.4 Å². The lowest BCUT2D eigenvalue weighted by Crippen LogP contribution is -2.39. The number of hydrogen-bond donors (Lipinski definition) is 2. The molecule has 0 fully saturated rings. The van der Waals surface area contributed by atoms with Gasteiger partial charge in [-0.3, -0.25) is 0 Å².